The van der Waals surface area contributed by atoms with Crippen LogP contribution in [0.1, 0.15) is 44.1 Å². The molecule has 1 aromatic rings. The molecule has 3 rings (SSSR count). The molecule has 1 aliphatic heterocycles. The summed E-state index contributed by atoms with van der Waals surface area (Å²) in [4.78, 5) is 12.3. The van der Waals surface area contributed by atoms with Crippen LogP contribution in [-0.2, 0) is 16.0 Å². The number of carbonyl (C=O) groups excluding carboxylic acids is 1. The van der Waals surface area contributed by atoms with Crippen molar-refractivity contribution in [2.45, 2.75) is 51.0 Å². The van der Waals surface area contributed by atoms with Crippen LogP contribution in [0.2, 0.25) is 0 Å². The van der Waals surface area contributed by atoms with E-state index in [0.717, 1.165) is 30.1 Å². The van der Waals surface area contributed by atoms with E-state index in [9.17, 15) is 4.79 Å². The first-order chi connectivity index (χ1) is 12.3. The minimum atomic E-state index is -0.125. The molecule has 25 heavy (non-hydrogen) atoms. The first-order valence-electron chi connectivity index (χ1n) is 9.45. The van der Waals surface area contributed by atoms with Gasteiger partial charge in [-0.2, -0.15) is 0 Å². The Bertz CT molecular complexity index is 569. The predicted octanol–water partition coefficient (Wildman–Crippen LogP) is 3.10. The van der Waals surface area contributed by atoms with Gasteiger partial charge in [0.2, 0.25) is 5.91 Å². The van der Waals surface area contributed by atoms with E-state index < -0.39 is 0 Å². The lowest BCUT2D eigenvalue weighted by atomic mass is 9.96. The Kier molecular flexibility index (Phi) is 6.56. The van der Waals surface area contributed by atoms with E-state index in [-0.39, 0.29) is 11.8 Å². The molecule has 0 radical (unpaired) electrons. The third-order valence-corrected chi connectivity index (χ3v) is 5.08. The molecule has 1 fully saturated rings. The molecule has 0 bridgehead atoms. The molecule has 1 N–H and O–H groups in total. The highest BCUT2D eigenvalue weighted by atomic mass is 16.5. The second-order valence-electron chi connectivity index (χ2n) is 6.96. The van der Waals surface area contributed by atoms with Crippen molar-refractivity contribution in [3.8, 4) is 11.5 Å². The van der Waals surface area contributed by atoms with Crippen LogP contribution in [0.4, 0.5) is 0 Å². The largest absolute Gasteiger partial charge is 0.497 e. The molecule has 1 aliphatic carbocycles. The normalized spacial score (nSPS) is 20.4. The number of hydrogen-bond donors (Lipinski definition) is 1. The van der Waals surface area contributed by atoms with Crippen molar-refractivity contribution in [2.75, 3.05) is 26.9 Å². The van der Waals surface area contributed by atoms with Crippen LogP contribution in [0.3, 0.4) is 0 Å². The second kappa shape index (κ2) is 9.09. The quantitative estimate of drug-likeness (QED) is 0.770. The van der Waals surface area contributed by atoms with Gasteiger partial charge in [-0.25, -0.2) is 0 Å². The average molecular weight is 347 g/mol. The molecule has 0 aromatic heterocycles. The highest BCUT2D eigenvalue weighted by molar-refractivity contribution is 5.79. The third kappa shape index (κ3) is 5.11. The minimum absolute atomic E-state index is 0.0686. The molecule has 5 heteroatoms. The number of nitrogens with one attached hydrogen (secondary N) is 1. The fourth-order valence-corrected chi connectivity index (χ4v) is 3.56. The molecule has 0 spiro atoms. The van der Waals surface area contributed by atoms with Gasteiger partial charge in [0.1, 0.15) is 18.1 Å². The number of hydrogen-bond acceptors (Lipinski definition) is 4. The number of carbonyl (C=O) groups is 1. The summed E-state index contributed by atoms with van der Waals surface area (Å²) in [5, 5.41) is 3.02. The van der Waals surface area contributed by atoms with E-state index in [4.69, 9.17) is 14.2 Å². The SMILES string of the molecule is COc1ccc2c(c1)OC[C@H](C(=O)NCCCOC1CCCCC1)C2. The summed E-state index contributed by atoms with van der Waals surface area (Å²) in [6.45, 7) is 1.82. The summed E-state index contributed by atoms with van der Waals surface area (Å²) >= 11 is 0. The zero-order valence-electron chi connectivity index (χ0n) is 15.1. The van der Waals surface area contributed by atoms with Crippen molar-refractivity contribution in [1.82, 2.24) is 5.32 Å². The number of amides is 1. The summed E-state index contributed by atoms with van der Waals surface area (Å²) in [6.07, 6.45) is 8.31. The zero-order valence-corrected chi connectivity index (χ0v) is 15.1. The van der Waals surface area contributed by atoms with Gasteiger partial charge in [-0.3, -0.25) is 4.79 Å². The Morgan fingerprint density at radius 3 is 2.92 bits per heavy atom. The summed E-state index contributed by atoms with van der Waals surface area (Å²) < 4.78 is 16.8. The summed E-state index contributed by atoms with van der Waals surface area (Å²) in [7, 11) is 1.64. The lowest BCUT2D eigenvalue weighted by Gasteiger charge is -2.25. The van der Waals surface area contributed by atoms with Crippen LogP contribution < -0.4 is 14.8 Å². The first-order valence-corrected chi connectivity index (χ1v) is 9.45. The molecule has 1 amide bonds. The van der Waals surface area contributed by atoms with E-state index >= 15 is 0 Å². The van der Waals surface area contributed by atoms with E-state index in [1.807, 2.05) is 18.2 Å². The van der Waals surface area contributed by atoms with E-state index in [0.29, 0.717) is 25.7 Å². The Morgan fingerprint density at radius 2 is 2.12 bits per heavy atom. The van der Waals surface area contributed by atoms with Gasteiger partial charge in [0.25, 0.3) is 0 Å². The first kappa shape index (κ1) is 18.1. The molecular weight excluding hydrogens is 318 g/mol. The Morgan fingerprint density at radius 1 is 1.28 bits per heavy atom. The summed E-state index contributed by atoms with van der Waals surface area (Å²) in [5.74, 6) is 1.54. The molecule has 1 atom stereocenters. The van der Waals surface area contributed by atoms with Crippen LogP contribution in [0.25, 0.3) is 0 Å². The van der Waals surface area contributed by atoms with E-state index in [2.05, 4.69) is 5.32 Å². The summed E-state index contributed by atoms with van der Waals surface area (Å²) in [5.41, 5.74) is 1.06. The molecule has 0 saturated heterocycles. The monoisotopic (exact) mass is 347 g/mol. The Labute approximate surface area is 150 Å². The smallest absolute Gasteiger partial charge is 0.226 e. The Hall–Kier alpha value is -1.75. The lowest BCUT2D eigenvalue weighted by molar-refractivity contribution is -0.126. The van der Waals surface area contributed by atoms with Crippen molar-refractivity contribution in [2.24, 2.45) is 5.92 Å². The molecule has 2 aliphatic rings. The van der Waals surface area contributed by atoms with Gasteiger partial charge < -0.3 is 19.5 Å². The molecule has 1 heterocycles. The standard InChI is InChI=1S/C20H29NO4/c1-23-18-9-8-15-12-16(14-25-19(15)13-18)20(22)21-10-5-11-24-17-6-3-2-4-7-17/h8-9,13,16-17H,2-7,10-12,14H2,1H3,(H,21,22)/t16-/m1/s1. The van der Waals surface area contributed by atoms with Crippen molar-refractivity contribution in [3.63, 3.8) is 0 Å². The van der Waals surface area contributed by atoms with Gasteiger partial charge in [0, 0.05) is 19.2 Å². The minimum Gasteiger partial charge on any atom is -0.497 e. The summed E-state index contributed by atoms with van der Waals surface area (Å²) in [6, 6.07) is 5.77. The fourth-order valence-electron chi connectivity index (χ4n) is 3.56. The van der Waals surface area contributed by atoms with Gasteiger partial charge in [-0.15, -0.1) is 0 Å². The van der Waals surface area contributed by atoms with Crippen molar-refractivity contribution in [3.05, 3.63) is 23.8 Å². The molecular formula is C20H29NO4. The van der Waals surface area contributed by atoms with E-state index in [1.54, 1.807) is 7.11 Å². The van der Waals surface area contributed by atoms with Crippen LogP contribution in [0.15, 0.2) is 18.2 Å². The maximum Gasteiger partial charge on any atom is 0.226 e. The van der Waals surface area contributed by atoms with E-state index in [1.165, 1.54) is 32.1 Å². The zero-order chi connectivity index (χ0) is 17.5. The average Bonchev–Trinajstić information content (AvgIpc) is 2.67. The van der Waals surface area contributed by atoms with Gasteiger partial charge in [-0.05, 0) is 37.3 Å². The second-order valence-corrected chi connectivity index (χ2v) is 6.96. The lowest BCUT2D eigenvalue weighted by Crippen LogP contribution is -2.38. The topological polar surface area (TPSA) is 56.8 Å². The highest BCUT2D eigenvalue weighted by Gasteiger charge is 2.26. The van der Waals surface area contributed by atoms with Gasteiger partial charge >= 0.3 is 0 Å². The van der Waals surface area contributed by atoms with Crippen molar-refractivity contribution in [1.29, 1.82) is 0 Å². The van der Waals surface area contributed by atoms with Crippen LogP contribution in [0, 0.1) is 5.92 Å². The van der Waals surface area contributed by atoms with Crippen LogP contribution >= 0.6 is 0 Å². The number of rotatable bonds is 7. The number of ether oxygens (including phenoxy) is 3. The Balaban J connectivity index is 1.35. The van der Waals surface area contributed by atoms with Crippen molar-refractivity contribution < 1.29 is 19.0 Å². The number of fused-ring (bicyclic) bond motifs is 1. The third-order valence-electron chi connectivity index (χ3n) is 5.08. The molecule has 5 nitrogen and oxygen atoms in total. The maximum atomic E-state index is 12.3. The van der Waals surface area contributed by atoms with Gasteiger partial charge in [0.05, 0.1) is 19.1 Å². The highest BCUT2D eigenvalue weighted by Crippen LogP contribution is 2.31. The number of benzene rings is 1. The molecule has 1 aromatic carbocycles. The van der Waals surface area contributed by atoms with Crippen LogP contribution in [-0.4, -0.2) is 38.9 Å². The van der Waals surface area contributed by atoms with Crippen molar-refractivity contribution >= 4 is 5.91 Å². The molecule has 1 saturated carbocycles. The predicted molar refractivity (Wildman–Crippen MR) is 96.1 cm³/mol. The molecule has 0 unspecified atom stereocenters. The maximum absolute atomic E-state index is 12.3. The molecule has 138 valence electrons. The van der Waals surface area contributed by atoms with Gasteiger partial charge in [0.15, 0.2) is 0 Å². The fraction of sp³-hybridized carbons (Fsp3) is 0.650. The van der Waals surface area contributed by atoms with Gasteiger partial charge in [-0.1, -0.05) is 25.3 Å². The number of methoxy groups -OCH3 is 1. The van der Waals surface area contributed by atoms with Crippen LogP contribution in [0.5, 0.6) is 11.5 Å².